The van der Waals surface area contributed by atoms with Gasteiger partial charge >= 0.3 is 12.1 Å². The van der Waals surface area contributed by atoms with E-state index in [1.165, 1.54) is 0 Å². The number of hydrogen-bond acceptors (Lipinski definition) is 5. The third-order valence-electron chi connectivity index (χ3n) is 3.76. The van der Waals surface area contributed by atoms with Gasteiger partial charge in [-0.3, -0.25) is 0 Å². The minimum atomic E-state index is -4.90. The van der Waals surface area contributed by atoms with Gasteiger partial charge in [-0.1, -0.05) is 0 Å². The molecule has 1 unspecified atom stereocenters. The zero-order chi connectivity index (χ0) is 18.1. The summed E-state index contributed by atoms with van der Waals surface area (Å²) in [7, 11) is -3.18. The van der Waals surface area contributed by atoms with Crippen LogP contribution in [0, 0.1) is 0 Å². The molecule has 1 aromatic rings. The topological polar surface area (TPSA) is 89.7 Å². The summed E-state index contributed by atoms with van der Waals surface area (Å²) in [5, 5.41) is 0. The van der Waals surface area contributed by atoms with Gasteiger partial charge in [0, 0.05) is 19.1 Å². The lowest BCUT2D eigenvalue weighted by molar-refractivity contribution is -0.138. The van der Waals surface area contributed by atoms with Gasteiger partial charge in [-0.2, -0.15) is 17.5 Å². The Morgan fingerprint density at radius 1 is 1.36 bits per heavy atom. The van der Waals surface area contributed by atoms with Crippen molar-refractivity contribution < 1.29 is 31.1 Å². The van der Waals surface area contributed by atoms with E-state index in [9.17, 15) is 26.4 Å². The highest BCUT2D eigenvalue weighted by Crippen LogP contribution is 2.34. The normalized spacial score (nSPS) is 19.2. The number of rotatable bonds is 3. The van der Waals surface area contributed by atoms with E-state index in [0.717, 1.165) is 23.5 Å². The van der Waals surface area contributed by atoms with E-state index in [0.29, 0.717) is 18.9 Å². The summed E-state index contributed by atoms with van der Waals surface area (Å²) in [4.78, 5) is 11.0. The summed E-state index contributed by atoms with van der Waals surface area (Å²) in [6, 6.07) is 1.88. The fourth-order valence-corrected chi connectivity index (χ4v) is 4.11. The Labute approximate surface area is 149 Å². The fourth-order valence-electron chi connectivity index (χ4n) is 2.55. The van der Waals surface area contributed by atoms with E-state index in [-0.39, 0.29) is 31.5 Å². The molecule has 0 aromatic heterocycles. The summed E-state index contributed by atoms with van der Waals surface area (Å²) in [5.41, 5.74) is 3.65. The number of nitrogens with zero attached hydrogens (tertiary/aromatic N) is 1. The molecule has 0 saturated carbocycles. The number of esters is 1. The van der Waals surface area contributed by atoms with Crippen LogP contribution in [0.3, 0.4) is 0 Å². The van der Waals surface area contributed by atoms with Crippen LogP contribution in [-0.2, 0) is 20.9 Å². The second-order valence-electron chi connectivity index (χ2n) is 5.46. The Morgan fingerprint density at radius 3 is 2.52 bits per heavy atom. The van der Waals surface area contributed by atoms with Crippen molar-refractivity contribution in [3.05, 3.63) is 29.3 Å². The molecule has 1 aliphatic heterocycles. The molecule has 1 aliphatic rings. The molecule has 0 aliphatic carbocycles. The second-order valence-corrected chi connectivity index (χ2v) is 7.40. The number of sulfonamides is 1. The molecule has 0 spiro atoms. The maximum atomic E-state index is 13.2. The maximum absolute atomic E-state index is 13.2. The molecule has 11 heteroatoms. The third-order valence-corrected chi connectivity index (χ3v) is 5.62. The predicted octanol–water partition coefficient (Wildman–Crippen LogP) is 2.03. The number of halogens is 4. The van der Waals surface area contributed by atoms with Crippen LogP contribution in [0.25, 0.3) is 0 Å². The van der Waals surface area contributed by atoms with Crippen molar-refractivity contribution in [1.29, 1.82) is 0 Å². The minimum Gasteiger partial charge on any atom is -0.465 e. The minimum absolute atomic E-state index is 0. The SMILES string of the molecule is COC(=O)c1ccc(S(=O)(=O)N2CCCC(N)C2)cc1C(F)(F)F.Cl. The molecule has 1 saturated heterocycles. The molecule has 1 aromatic carbocycles. The van der Waals surface area contributed by atoms with Crippen molar-refractivity contribution in [2.45, 2.75) is 30.0 Å². The molecular weight excluding hydrogens is 385 g/mol. The molecule has 2 N–H and O–H groups in total. The Bertz CT molecular complexity index is 740. The van der Waals surface area contributed by atoms with Crippen molar-refractivity contribution in [3.63, 3.8) is 0 Å². The summed E-state index contributed by atoms with van der Waals surface area (Å²) in [6.45, 7) is 0.235. The molecule has 142 valence electrons. The van der Waals surface area contributed by atoms with Crippen LogP contribution in [0.1, 0.15) is 28.8 Å². The first-order valence-corrected chi connectivity index (χ1v) is 8.56. The number of hydrogen-bond donors (Lipinski definition) is 1. The van der Waals surface area contributed by atoms with Gasteiger partial charge in [0.25, 0.3) is 0 Å². The number of methoxy groups -OCH3 is 1. The monoisotopic (exact) mass is 402 g/mol. The van der Waals surface area contributed by atoms with E-state index >= 15 is 0 Å². The fraction of sp³-hybridized carbons (Fsp3) is 0.500. The van der Waals surface area contributed by atoms with Crippen molar-refractivity contribution in [1.82, 2.24) is 4.31 Å². The van der Waals surface area contributed by atoms with E-state index in [1.54, 1.807) is 0 Å². The van der Waals surface area contributed by atoms with Gasteiger partial charge in [-0.15, -0.1) is 12.4 Å². The summed E-state index contributed by atoms with van der Waals surface area (Å²) < 4.78 is 70.0. The Hall–Kier alpha value is -1.36. The van der Waals surface area contributed by atoms with Crippen LogP contribution in [0.5, 0.6) is 0 Å². The van der Waals surface area contributed by atoms with Crippen LogP contribution in [0.4, 0.5) is 13.2 Å². The number of carbonyl (C=O) groups excluding carboxylic acids is 1. The number of ether oxygens (including phenoxy) is 1. The Morgan fingerprint density at radius 2 is 2.00 bits per heavy atom. The number of piperidine rings is 1. The standard InChI is InChI=1S/C14H17F3N2O4S.ClH/c1-23-13(20)11-5-4-10(7-12(11)14(15,16)17)24(21,22)19-6-2-3-9(18)8-19;/h4-5,7,9H,2-3,6,8,18H2,1H3;1H. The van der Waals surface area contributed by atoms with Crippen molar-refractivity contribution in [2.24, 2.45) is 5.73 Å². The molecule has 25 heavy (non-hydrogen) atoms. The van der Waals surface area contributed by atoms with Gasteiger partial charge in [0.2, 0.25) is 10.0 Å². The zero-order valence-electron chi connectivity index (χ0n) is 13.2. The Kier molecular flexibility index (Phi) is 6.85. The first-order valence-electron chi connectivity index (χ1n) is 7.12. The van der Waals surface area contributed by atoms with Gasteiger partial charge in [-0.25, -0.2) is 13.2 Å². The molecule has 1 fully saturated rings. The first kappa shape index (κ1) is 21.7. The van der Waals surface area contributed by atoms with Crippen LogP contribution in [0.2, 0.25) is 0 Å². The third kappa shape index (κ3) is 4.63. The highest BCUT2D eigenvalue weighted by molar-refractivity contribution is 7.89. The molecule has 1 heterocycles. The summed E-state index contributed by atoms with van der Waals surface area (Å²) in [5.74, 6) is -1.19. The molecule has 0 radical (unpaired) electrons. The molecule has 1 atom stereocenters. The van der Waals surface area contributed by atoms with Crippen molar-refractivity contribution in [3.8, 4) is 0 Å². The van der Waals surface area contributed by atoms with Crippen LogP contribution < -0.4 is 5.73 Å². The number of benzene rings is 1. The van der Waals surface area contributed by atoms with E-state index in [2.05, 4.69) is 4.74 Å². The molecule has 0 amide bonds. The van der Waals surface area contributed by atoms with Crippen LogP contribution in [-0.4, -0.2) is 44.9 Å². The van der Waals surface area contributed by atoms with E-state index < -0.39 is 38.2 Å². The molecule has 0 bridgehead atoms. The van der Waals surface area contributed by atoms with Gasteiger partial charge in [0.15, 0.2) is 0 Å². The lowest BCUT2D eigenvalue weighted by Crippen LogP contribution is -2.45. The Balaban J connectivity index is 0.00000312. The van der Waals surface area contributed by atoms with E-state index in [4.69, 9.17) is 5.73 Å². The molecular formula is C14H18ClF3N2O4S. The highest BCUT2D eigenvalue weighted by atomic mass is 35.5. The van der Waals surface area contributed by atoms with Crippen LogP contribution in [0.15, 0.2) is 23.1 Å². The maximum Gasteiger partial charge on any atom is 0.417 e. The number of carbonyl (C=O) groups is 1. The lowest BCUT2D eigenvalue weighted by atomic mass is 10.1. The van der Waals surface area contributed by atoms with Gasteiger partial charge in [0.05, 0.1) is 23.1 Å². The largest absolute Gasteiger partial charge is 0.465 e. The van der Waals surface area contributed by atoms with Gasteiger partial charge in [-0.05, 0) is 31.0 Å². The lowest BCUT2D eigenvalue weighted by Gasteiger charge is -2.30. The smallest absolute Gasteiger partial charge is 0.417 e. The summed E-state index contributed by atoms with van der Waals surface area (Å²) in [6.07, 6.45) is -3.71. The number of nitrogens with two attached hydrogens (primary N) is 1. The van der Waals surface area contributed by atoms with Crippen LogP contribution >= 0.6 is 12.4 Å². The van der Waals surface area contributed by atoms with Gasteiger partial charge < -0.3 is 10.5 Å². The second kappa shape index (κ2) is 7.90. The highest BCUT2D eigenvalue weighted by Gasteiger charge is 2.38. The van der Waals surface area contributed by atoms with Crippen molar-refractivity contribution in [2.75, 3.05) is 20.2 Å². The molecule has 2 rings (SSSR count). The molecule has 6 nitrogen and oxygen atoms in total. The zero-order valence-corrected chi connectivity index (χ0v) is 14.9. The van der Waals surface area contributed by atoms with Crippen molar-refractivity contribution >= 4 is 28.4 Å². The summed E-state index contributed by atoms with van der Waals surface area (Å²) >= 11 is 0. The predicted molar refractivity (Wildman–Crippen MR) is 86.0 cm³/mol. The average molecular weight is 403 g/mol. The quantitative estimate of drug-likeness (QED) is 0.781. The first-order chi connectivity index (χ1) is 11.1. The average Bonchev–Trinajstić information content (AvgIpc) is 2.52. The van der Waals surface area contributed by atoms with Gasteiger partial charge in [0.1, 0.15) is 0 Å². The number of alkyl halides is 3. The van der Waals surface area contributed by atoms with E-state index in [1.807, 2.05) is 0 Å².